The van der Waals surface area contributed by atoms with Crippen LogP contribution in [-0.4, -0.2) is 23.0 Å². The molecule has 0 aliphatic carbocycles. The SMILES string of the molecule is C=CCOP(O)(=S)S.C=CCOP(O)(=S)S.[Zn]. The Bertz CT molecular complexity index is 272. The fourth-order valence-corrected chi connectivity index (χ4v) is 1.66. The van der Waals surface area contributed by atoms with Crippen molar-refractivity contribution in [3.05, 3.63) is 25.3 Å². The van der Waals surface area contributed by atoms with Gasteiger partial charge in [-0.3, -0.25) is 0 Å². The summed E-state index contributed by atoms with van der Waals surface area (Å²) in [6.07, 6.45) is 3.01. The molecule has 0 aromatic rings. The van der Waals surface area contributed by atoms with Gasteiger partial charge in [-0.15, -0.1) is 13.2 Å². The molecule has 2 atom stereocenters. The van der Waals surface area contributed by atoms with Crippen LogP contribution in [0, 0.1) is 0 Å². The van der Waals surface area contributed by atoms with Crippen LogP contribution in [0.4, 0.5) is 0 Å². The van der Waals surface area contributed by atoms with Crippen LogP contribution in [-0.2, 0) is 52.1 Å². The van der Waals surface area contributed by atoms with Crippen LogP contribution in [0.2, 0.25) is 0 Å². The van der Waals surface area contributed by atoms with Crippen LogP contribution >= 0.6 is 35.9 Å². The van der Waals surface area contributed by atoms with Gasteiger partial charge in [0.25, 0.3) is 0 Å². The van der Waals surface area contributed by atoms with E-state index in [4.69, 9.17) is 9.79 Å². The number of thiol groups is 2. The second-order valence-electron chi connectivity index (χ2n) is 2.15. The summed E-state index contributed by atoms with van der Waals surface area (Å²) in [5, 5.41) is 0. The molecule has 0 radical (unpaired) electrons. The molecule has 0 aliphatic heterocycles. The van der Waals surface area contributed by atoms with Crippen molar-refractivity contribution in [2.45, 2.75) is 0 Å². The van der Waals surface area contributed by atoms with Gasteiger partial charge in [0, 0.05) is 19.5 Å². The summed E-state index contributed by atoms with van der Waals surface area (Å²) in [4.78, 5) is 17.3. The monoisotopic (exact) mass is 404 g/mol. The fourth-order valence-electron chi connectivity index (χ4n) is 0.300. The Morgan fingerprint density at radius 1 is 1.00 bits per heavy atom. The van der Waals surface area contributed by atoms with Crippen molar-refractivity contribution in [2.75, 3.05) is 13.2 Å². The number of rotatable bonds is 6. The molecule has 0 saturated heterocycles. The Hall–Kier alpha value is 1.94. The normalized spacial score (nSPS) is 16.2. The average molecular weight is 406 g/mol. The maximum Gasteiger partial charge on any atom is 0.241 e. The predicted octanol–water partition coefficient (Wildman–Crippen LogP) is 2.67. The minimum Gasteiger partial charge on any atom is -0.338 e. The Kier molecular flexibility index (Phi) is 18.3. The van der Waals surface area contributed by atoms with E-state index in [1.54, 1.807) is 0 Å². The van der Waals surface area contributed by atoms with Gasteiger partial charge >= 0.3 is 0 Å². The van der Waals surface area contributed by atoms with Gasteiger partial charge in [-0.05, 0) is 23.6 Å². The van der Waals surface area contributed by atoms with E-state index in [2.05, 4.69) is 70.3 Å². The third-order valence-corrected chi connectivity index (χ3v) is 3.02. The molecule has 0 heterocycles. The molecular formula is C6H14O4P2S4Zn. The van der Waals surface area contributed by atoms with E-state index in [9.17, 15) is 0 Å². The van der Waals surface area contributed by atoms with Crippen LogP contribution < -0.4 is 0 Å². The molecule has 17 heavy (non-hydrogen) atoms. The molecule has 2 unspecified atom stereocenters. The number of hydrogen-bond acceptors (Lipinski definition) is 4. The summed E-state index contributed by atoms with van der Waals surface area (Å²) in [6.45, 7) is 7.25. The smallest absolute Gasteiger partial charge is 0.241 e. The quantitative estimate of drug-likeness (QED) is 0.236. The van der Waals surface area contributed by atoms with Crippen LogP contribution in [0.15, 0.2) is 25.3 Å². The van der Waals surface area contributed by atoms with Crippen molar-refractivity contribution in [1.29, 1.82) is 0 Å². The maximum atomic E-state index is 8.67. The molecule has 4 nitrogen and oxygen atoms in total. The molecule has 98 valence electrons. The minimum absolute atomic E-state index is 0. The molecule has 2 N–H and O–H groups in total. The van der Waals surface area contributed by atoms with Crippen molar-refractivity contribution in [3.8, 4) is 0 Å². The van der Waals surface area contributed by atoms with Crippen LogP contribution in [0.25, 0.3) is 0 Å². The summed E-state index contributed by atoms with van der Waals surface area (Å²) in [6, 6.07) is 0. The molecular weight excluding hydrogens is 392 g/mol. The van der Waals surface area contributed by atoms with Gasteiger partial charge in [0.2, 0.25) is 11.4 Å². The molecule has 0 aliphatic rings. The van der Waals surface area contributed by atoms with Crippen LogP contribution in [0.3, 0.4) is 0 Å². The molecule has 0 saturated carbocycles. The average Bonchev–Trinajstić information content (AvgIpc) is 2.10. The zero-order chi connectivity index (χ0) is 13.2. The summed E-state index contributed by atoms with van der Waals surface area (Å²) in [5.41, 5.74) is -5.45. The Morgan fingerprint density at radius 3 is 1.29 bits per heavy atom. The topological polar surface area (TPSA) is 58.9 Å². The Labute approximate surface area is 135 Å². The summed E-state index contributed by atoms with van der Waals surface area (Å²) >= 11 is 16.0. The zero-order valence-corrected chi connectivity index (χ0v) is 17.2. The van der Waals surface area contributed by atoms with Gasteiger partial charge < -0.3 is 18.8 Å². The molecule has 0 aromatic carbocycles. The van der Waals surface area contributed by atoms with E-state index in [1.807, 2.05) is 0 Å². The van der Waals surface area contributed by atoms with Gasteiger partial charge in [-0.25, -0.2) is 0 Å². The maximum absolute atomic E-state index is 8.67. The first-order valence-corrected chi connectivity index (χ1v) is 11.4. The number of hydrogen-bond donors (Lipinski definition) is 4. The van der Waals surface area contributed by atoms with Crippen molar-refractivity contribution < 1.29 is 38.3 Å². The first kappa shape index (κ1) is 24.0. The fraction of sp³-hybridized carbons (Fsp3) is 0.333. The van der Waals surface area contributed by atoms with Crippen LogP contribution in [0.1, 0.15) is 0 Å². The minimum atomic E-state index is -2.73. The molecule has 0 bridgehead atoms. The molecule has 0 aromatic heterocycles. The molecule has 0 fully saturated rings. The standard InChI is InChI=1S/2C3H7O2PS2.Zn/c2*1-2-3-5-6(4,7)8;/h2*2H,1,3H2,(H2,4,7,8);. The summed E-state index contributed by atoms with van der Waals surface area (Å²) in [5.74, 6) is 0. The van der Waals surface area contributed by atoms with E-state index in [1.165, 1.54) is 12.2 Å². The van der Waals surface area contributed by atoms with Gasteiger partial charge in [-0.2, -0.15) is 0 Å². The van der Waals surface area contributed by atoms with Crippen molar-refractivity contribution in [2.24, 2.45) is 0 Å². The van der Waals surface area contributed by atoms with E-state index in [-0.39, 0.29) is 32.7 Å². The second-order valence-corrected chi connectivity index (χ2v) is 12.5. The largest absolute Gasteiger partial charge is 0.338 e. The van der Waals surface area contributed by atoms with Crippen LogP contribution in [0.5, 0.6) is 0 Å². The molecule has 0 spiro atoms. The molecule has 0 rings (SSSR count). The van der Waals surface area contributed by atoms with Crippen molar-refractivity contribution in [1.82, 2.24) is 0 Å². The summed E-state index contributed by atoms with van der Waals surface area (Å²) < 4.78 is 9.21. The summed E-state index contributed by atoms with van der Waals surface area (Å²) in [7, 11) is 0. The third-order valence-electron chi connectivity index (χ3n) is 0.721. The van der Waals surface area contributed by atoms with E-state index in [0.29, 0.717) is 0 Å². The van der Waals surface area contributed by atoms with E-state index in [0.717, 1.165) is 0 Å². The third kappa shape index (κ3) is 32.0. The first-order valence-electron chi connectivity index (χ1n) is 3.74. The van der Waals surface area contributed by atoms with Crippen molar-refractivity contribution >= 4 is 59.5 Å². The predicted molar refractivity (Wildman–Crippen MR) is 83.3 cm³/mol. The molecule has 11 heteroatoms. The van der Waals surface area contributed by atoms with Gasteiger partial charge in [0.15, 0.2) is 0 Å². The van der Waals surface area contributed by atoms with Gasteiger partial charge in [0.05, 0.1) is 13.2 Å². The second kappa shape index (κ2) is 13.0. The van der Waals surface area contributed by atoms with Gasteiger partial charge in [0.1, 0.15) is 0 Å². The Balaban J connectivity index is -0.000000218. The van der Waals surface area contributed by atoms with E-state index >= 15 is 0 Å². The van der Waals surface area contributed by atoms with E-state index < -0.39 is 11.4 Å². The van der Waals surface area contributed by atoms with Crippen molar-refractivity contribution in [3.63, 3.8) is 0 Å². The Morgan fingerprint density at radius 2 is 1.24 bits per heavy atom. The molecule has 0 amide bonds. The zero-order valence-electron chi connectivity index (χ0n) is 9.01. The van der Waals surface area contributed by atoms with Gasteiger partial charge in [-0.1, -0.05) is 36.6 Å². The first-order chi connectivity index (χ1) is 7.12.